The summed E-state index contributed by atoms with van der Waals surface area (Å²) in [6, 6.07) is 6.69. The van der Waals surface area contributed by atoms with Crippen molar-refractivity contribution < 1.29 is 4.74 Å². The van der Waals surface area contributed by atoms with Crippen molar-refractivity contribution in [2.45, 2.75) is 38.3 Å². The molecule has 0 aromatic heterocycles. The molecule has 2 saturated heterocycles. The van der Waals surface area contributed by atoms with Crippen molar-refractivity contribution >= 4 is 23.8 Å². The lowest BCUT2D eigenvalue weighted by atomic mass is 10.0. The van der Waals surface area contributed by atoms with Crippen LogP contribution in [-0.4, -0.2) is 63.6 Å². The Balaban J connectivity index is 1.56. The minimum absolute atomic E-state index is 0.212. The second kappa shape index (κ2) is 10.8. The largest absolute Gasteiger partial charge is 0.403 e. The van der Waals surface area contributed by atoms with Crippen LogP contribution in [-0.2, 0) is 4.74 Å². The molecule has 1 unspecified atom stereocenters. The average molecular weight is 412 g/mol. The summed E-state index contributed by atoms with van der Waals surface area (Å²) in [5.41, 5.74) is 10.4. The summed E-state index contributed by atoms with van der Waals surface area (Å²) >= 11 is 0. The fraction of sp³-hybridized carbons (Fsp3) is 0.500. The first kappa shape index (κ1) is 21.8. The zero-order valence-corrected chi connectivity index (χ0v) is 17.9. The first-order valence-corrected chi connectivity index (χ1v) is 10.5. The molecule has 0 aliphatic carbocycles. The number of hydrogen-bond donors (Lipinski definition) is 3. The van der Waals surface area contributed by atoms with Gasteiger partial charge in [-0.15, -0.1) is 0 Å². The molecule has 1 aromatic rings. The molecule has 2 fully saturated rings. The molecule has 2 heterocycles. The Morgan fingerprint density at radius 2 is 2.13 bits per heavy atom. The highest BCUT2D eigenvalue weighted by Crippen LogP contribution is 2.24. The molecule has 0 amide bonds. The zero-order valence-electron chi connectivity index (χ0n) is 17.9. The van der Waals surface area contributed by atoms with Gasteiger partial charge in [-0.3, -0.25) is 9.98 Å². The first-order valence-electron chi connectivity index (χ1n) is 10.5. The lowest BCUT2D eigenvalue weighted by Crippen LogP contribution is -2.58. The Bertz CT molecular complexity index is 819. The smallest absolute Gasteiger partial charge is 0.108 e. The number of hydrogen-bond acceptors (Lipinski definition) is 8. The van der Waals surface area contributed by atoms with Crippen LogP contribution in [0.1, 0.15) is 30.4 Å². The molecule has 3 rings (SSSR count). The van der Waals surface area contributed by atoms with E-state index >= 15 is 0 Å². The van der Waals surface area contributed by atoms with E-state index in [0.29, 0.717) is 18.3 Å². The number of hydrazone groups is 1. The van der Waals surface area contributed by atoms with Gasteiger partial charge in [-0.2, -0.15) is 5.10 Å². The number of benzene rings is 1. The van der Waals surface area contributed by atoms with Crippen molar-refractivity contribution in [3.05, 3.63) is 41.2 Å². The Morgan fingerprint density at radius 1 is 1.30 bits per heavy atom. The van der Waals surface area contributed by atoms with Gasteiger partial charge < -0.3 is 26.5 Å². The maximum Gasteiger partial charge on any atom is 0.108 e. The van der Waals surface area contributed by atoms with Crippen LogP contribution >= 0.6 is 0 Å². The number of allylic oxidation sites excluding steroid dienone is 1. The fourth-order valence-corrected chi connectivity index (χ4v) is 3.80. The summed E-state index contributed by atoms with van der Waals surface area (Å²) < 4.78 is 5.72. The van der Waals surface area contributed by atoms with E-state index in [2.05, 4.69) is 50.4 Å². The van der Waals surface area contributed by atoms with Crippen LogP contribution in [0.3, 0.4) is 0 Å². The molecule has 162 valence electrons. The monoisotopic (exact) mass is 411 g/mol. The Kier molecular flexibility index (Phi) is 7.84. The van der Waals surface area contributed by atoms with Gasteiger partial charge in [0.1, 0.15) is 5.71 Å². The van der Waals surface area contributed by atoms with E-state index in [-0.39, 0.29) is 6.10 Å². The molecular formula is C22H33N7O. The number of anilines is 1. The predicted molar refractivity (Wildman–Crippen MR) is 125 cm³/mol. The van der Waals surface area contributed by atoms with Crippen LogP contribution in [0, 0.1) is 6.92 Å². The van der Waals surface area contributed by atoms with Gasteiger partial charge in [0, 0.05) is 56.6 Å². The molecule has 0 bridgehead atoms. The van der Waals surface area contributed by atoms with E-state index < -0.39 is 0 Å². The normalized spacial score (nSPS) is 21.4. The van der Waals surface area contributed by atoms with Crippen molar-refractivity contribution in [3.8, 4) is 0 Å². The molecule has 8 heteroatoms. The van der Waals surface area contributed by atoms with Crippen LogP contribution < -0.4 is 21.8 Å². The predicted octanol–water partition coefficient (Wildman–Crippen LogP) is 1.58. The number of aliphatic imine (C=N–C) groups is 2. The maximum atomic E-state index is 5.72. The fourth-order valence-electron chi connectivity index (χ4n) is 3.80. The Labute approximate surface area is 178 Å². The van der Waals surface area contributed by atoms with Crippen LogP contribution in [0.25, 0.3) is 0 Å². The summed E-state index contributed by atoms with van der Waals surface area (Å²) in [6.07, 6.45) is 8.68. The number of ether oxygens (including phenoxy) is 1. The van der Waals surface area contributed by atoms with Gasteiger partial charge in [0.25, 0.3) is 0 Å². The summed E-state index contributed by atoms with van der Waals surface area (Å²) in [5, 5.41) is 7.34. The van der Waals surface area contributed by atoms with Crippen LogP contribution in [0.15, 0.2) is 45.2 Å². The first-order chi connectivity index (χ1) is 14.6. The molecular weight excluding hydrogens is 378 g/mol. The van der Waals surface area contributed by atoms with Gasteiger partial charge in [-0.05, 0) is 43.9 Å². The van der Waals surface area contributed by atoms with Crippen molar-refractivity contribution in [2.75, 3.05) is 38.2 Å². The maximum absolute atomic E-state index is 5.72. The summed E-state index contributed by atoms with van der Waals surface area (Å²) in [5.74, 6) is 5.65. The molecule has 5 N–H and O–H groups in total. The quantitative estimate of drug-likeness (QED) is 0.341. The van der Waals surface area contributed by atoms with Crippen LogP contribution in [0.4, 0.5) is 5.69 Å². The highest BCUT2D eigenvalue weighted by atomic mass is 16.5. The third-order valence-corrected chi connectivity index (χ3v) is 5.49. The summed E-state index contributed by atoms with van der Waals surface area (Å²) in [7, 11) is 1.73. The molecule has 1 aromatic carbocycles. The Morgan fingerprint density at radius 3 is 2.77 bits per heavy atom. The van der Waals surface area contributed by atoms with Crippen LogP contribution in [0.5, 0.6) is 0 Å². The van der Waals surface area contributed by atoms with E-state index in [1.165, 1.54) is 12.1 Å². The molecule has 1 atom stereocenters. The average Bonchev–Trinajstić information content (AvgIpc) is 2.74. The molecule has 0 saturated carbocycles. The highest BCUT2D eigenvalue weighted by Gasteiger charge is 2.27. The van der Waals surface area contributed by atoms with E-state index in [9.17, 15) is 0 Å². The second-order valence-corrected chi connectivity index (χ2v) is 7.75. The van der Waals surface area contributed by atoms with Gasteiger partial charge in [0.15, 0.2) is 0 Å². The lowest BCUT2D eigenvalue weighted by molar-refractivity contribution is 0.0226. The molecule has 0 spiro atoms. The summed E-state index contributed by atoms with van der Waals surface area (Å²) in [6.45, 7) is 5.38. The van der Waals surface area contributed by atoms with Gasteiger partial charge in [-0.1, -0.05) is 6.07 Å². The van der Waals surface area contributed by atoms with Gasteiger partial charge in [0.05, 0.1) is 24.4 Å². The number of rotatable bonds is 8. The highest BCUT2D eigenvalue weighted by molar-refractivity contribution is 6.38. The lowest BCUT2D eigenvalue weighted by Gasteiger charge is -2.42. The molecule has 0 radical (unpaired) electrons. The molecule has 8 nitrogen and oxygen atoms in total. The minimum atomic E-state index is 0.212. The Hall–Kier alpha value is -2.87. The second-order valence-electron chi connectivity index (χ2n) is 7.75. The number of nitrogens with two attached hydrogens (primary N) is 2. The molecule has 2 aliphatic heterocycles. The summed E-state index contributed by atoms with van der Waals surface area (Å²) in [4.78, 5) is 10.8. The number of nitrogens with one attached hydrogen (secondary N) is 1. The van der Waals surface area contributed by atoms with E-state index in [1.807, 2.05) is 0 Å². The van der Waals surface area contributed by atoms with Crippen molar-refractivity contribution in [1.82, 2.24) is 5.32 Å². The van der Waals surface area contributed by atoms with E-state index in [1.54, 1.807) is 25.7 Å². The SMILES string of the molecule is CN=C/C(=C\N)NC1CN(c2ccc(/C(C=NCC3CCCCO3)=N/N)c(C)c2)C1. The van der Waals surface area contributed by atoms with E-state index in [0.717, 1.165) is 49.4 Å². The van der Waals surface area contributed by atoms with Gasteiger partial charge in [0.2, 0.25) is 0 Å². The topological polar surface area (TPSA) is 114 Å². The third kappa shape index (κ3) is 5.60. The van der Waals surface area contributed by atoms with E-state index in [4.69, 9.17) is 16.3 Å². The molecule has 30 heavy (non-hydrogen) atoms. The minimum Gasteiger partial charge on any atom is -0.403 e. The van der Waals surface area contributed by atoms with Gasteiger partial charge in [-0.25, -0.2) is 0 Å². The number of nitrogens with zero attached hydrogens (tertiary/aromatic N) is 4. The van der Waals surface area contributed by atoms with Crippen molar-refractivity contribution in [3.63, 3.8) is 0 Å². The number of aryl methyl sites for hydroxylation is 1. The molecule has 2 aliphatic rings. The standard InChI is InChI=1S/C22H33N7O/c1-16-9-19(29-14-18(15-29)27-17(10-23)11-25-2)6-7-21(16)22(28-24)13-26-12-20-5-3-4-8-30-20/h6-7,9-11,13,18,20,27H,3-5,8,12,14-15,23-24H2,1-2H3/b17-10+,25-11?,26-13?,28-22+. The van der Waals surface area contributed by atoms with Crippen LogP contribution in [0.2, 0.25) is 0 Å². The van der Waals surface area contributed by atoms with Gasteiger partial charge >= 0.3 is 0 Å². The third-order valence-electron chi connectivity index (χ3n) is 5.49. The van der Waals surface area contributed by atoms with Crippen molar-refractivity contribution in [1.29, 1.82) is 0 Å². The van der Waals surface area contributed by atoms with Crippen molar-refractivity contribution in [2.24, 2.45) is 26.7 Å². The zero-order chi connectivity index (χ0) is 21.3.